The van der Waals surface area contributed by atoms with Crippen LogP contribution in [0.15, 0.2) is 42.5 Å². The molecule has 0 spiro atoms. The molecule has 0 radical (unpaired) electrons. The molecular weight excluding hydrogens is 304 g/mol. The van der Waals surface area contributed by atoms with Crippen molar-refractivity contribution in [2.24, 2.45) is 0 Å². The monoisotopic (exact) mass is 324 g/mol. The summed E-state index contributed by atoms with van der Waals surface area (Å²) in [6.07, 6.45) is 0. The highest BCUT2D eigenvalue weighted by Gasteiger charge is 2.19. The van der Waals surface area contributed by atoms with Gasteiger partial charge in [-0.2, -0.15) is 0 Å². The molecule has 2 aromatic carbocycles. The summed E-state index contributed by atoms with van der Waals surface area (Å²) in [4.78, 5) is 17.8. The number of hydrogen-bond donors (Lipinski definition) is 1. The van der Waals surface area contributed by atoms with E-state index >= 15 is 0 Å². The molecule has 0 amide bonds. The van der Waals surface area contributed by atoms with Gasteiger partial charge in [0.25, 0.3) is 5.69 Å². The van der Waals surface area contributed by atoms with Crippen LogP contribution in [-0.2, 0) is 0 Å². The largest absolute Gasteiger partial charge is 0.382 e. The van der Waals surface area contributed by atoms with Crippen LogP contribution in [-0.4, -0.2) is 41.5 Å². The Balaban J connectivity index is 2.25. The Morgan fingerprint density at radius 2 is 1.88 bits per heavy atom. The molecule has 0 aliphatic carbocycles. The number of non-ortho nitro benzene ring substituents is 1. The summed E-state index contributed by atoms with van der Waals surface area (Å²) in [7, 11) is 4.02. The Kier molecular flexibility index (Phi) is 4.31. The standard InChI is InChI=1S/C18H20N4O2/c1-12(21(2)3)11-19-18-13-7-4-5-8-14(13)20-15-9-6-10-16(17(15)18)22(23)24/h4-10,12H,11H2,1-3H3,(H,19,20). The zero-order valence-electron chi connectivity index (χ0n) is 14.0. The third-order valence-electron chi connectivity index (χ3n) is 4.34. The van der Waals surface area contributed by atoms with E-state index in [0.717, 1.165) is 16.6 Å². The summed E-state index contributed by atoms with van der Waals surface area (Å²) < 4.78 is 0. The van der Waals surface area contributed by atoms with Crippen LogP contribution in [0.1, 0.15) is 6.92 Å². The number of likely N-dealkylation sites (N-methyl/N-ethyl adjacent to an activating group) is 1. The van der Waals surface area contributed by atoms with E-state index in [4.69, 9.17) is 0 Å². The van der Waals surface area contributed by atoms with Crippen LogP contribution in [0.25, 0.3) is 21.8 Å². The van der Waals surface area contributed by atoms with E-state index in [2.05, 4.69) is 22.1 Å². The first kappa shape index (κ1) is 16.1. The van der Waals surface area contributed by atoms with Gasteiger partial charge >= 0.3 is 0 Å². The minimum absolute atomic E-state index is 0.0748. The number of pyridine rings is 1. The minimum atomic E-state index is -0.348. The van der Waals surface area contributed by atoms with Crippen molar-refractivity contribution >= 4 is 33.2 Å². The van der Waals surface area contributed by atoms with E-state index in [1.54, 1.807) is 6.07 Å². The molecule has 1 aromatic heterocycles. The van der Waals surface area contributed by atoms with Gasteiger partial charge in [-0.15, -0.1) is 0 Å². The number of rotatable bonds is 5. The number of anilines is 1. The number of benzene rings is 2. The number of hydrogen-bond acceptors (Lipinski definition) is 5. The van der Waals surface area contributed by atoms with Crippen LogP contribution in [0.4, 0.5) is 11.4 Å². The van der Waals surface area contributed by atoms with Crippen molar-refractivity contribution in [2.75, 3.05) is 26.0 Å². The van der Waals surface area contributed by atoms with Crippen LogP contribution >= 0.6 is 0 Å². The van der Waals surface area contributed by atoms with Gasteiger partial charge < -0.3 is 10.2 Å². The predicted molar refractivity (Wildman–Crippen MR) is 97.5 cm³/mol. The Morgan fingerprint density at radius 1 is 1.17 bits per heavy atom. The fourth-order valence-corrected chi connectivity index (χ4v) is 2.69. The lowest BCUT2D eigenvalue weighted by Crippen LogP contribution is -2.31. The van der Waals surface area contributed by atoms with E-state index in [1.807, 2.05) is 44.4 Å². The molecule has 0 aliphatic heterocycles. The van der Waals surface area contributed by atoms with Crippen molar-refractivity contribution in [1.82, 2.24) is 9.88 Å². The molecule has 6 nitrogen and oxygen atoms in total. The average molecular weight is 324 g/mol. The second kappa shape index (κ2) is 6.41. The Hall–Kier alpha value is -2.73. The smallest absolute Gasteiger partial charge is 0.280 e. The maximum absolute atomic E-state index is 11.5. The van der Waals surface area contributed by atoms with Gasteiger partial charge in [0.05, 0.1) is 21.6 Å². The van der Waals surface area contributed by atoms with Gasteiger partial charge in [-0.05, 0) is 33.2 Å². The van der Waals surface area contributed by atoms with E-state index < -0.39 is 0 Å². The van der Waals surface area contributed by atoms with Crippen LogP contribution in [0.5, 0.6) is 0 Å². The van der Waals surface area contributed by atoms with Gasteiger partial charge in [0.2, 0.25) is 0 Å². The van der Waals surface area contributed by atoms with E-state index in [9.17, 15) is 10.1 Å². The van der Waals surface area contributed by atoms with Crippen LogP contribution in [0.3, 0.4) is 0 Å². The molecule has 0 bridgehead atoms. The lowest BCUT2D eigenvalue weighted by molar-refractivity contribution is -0.383. The number of aromatic nitrogens is 1. The second-order valence-electron chi connectivity index (χ2n) is 6.13. The summed E-state index contributed by atoms with van der Waals surface area (Å²) in [5, 5.41) is 16.4. The number of fused-ring (bicyclic) bond motifs is 2. The van der Waals surface area contributed by atoms with E-state index in [0.29, 0.717) is 17.4 Å². The number of nitrogens with one attached hydrogen (secondary N) is 1. The summed E-state index contributed by atoms with van der Waals surface area (Å²) in [6.45, 7) is 2.79. The molecule has 0 fully saturated rings. The first-order valence-corrected chi connectivity index (χ1v) is 7.85. The fourth-order valence-electron chi connectivity index (χ4n) is 2.69. The van der Waals surface area contributed by atoms with Crippen molar-refractivity contribution in [3.05, 3.63) is 52.6 Å². The molecule has 1 atom stereocenters. The zero-order chi connectivity index (χ0) is 17.3. The molecule has 124 valence electrons. The van der Waals surface area contributed by atoms with Gasteiger partial charge in [-0.25, -0.2) is 4.98 Å². The first-order valence-electron chi connectivity index (χ1n) is 7.85. The molecule has 0 aliphatic rings. The summed E-state index contributed by atoms with van der Waals surface area (Å²) in [5.41, 5.74) is 2.30. The highest BCUT2D eigenvalue weighted by atomic mass is 16.6. The Morgan fingerprint density at radius 3 is 2.58 bits per heavy atom. The second-order valence-corrected chi connectivity index (χ2v) is 6.13. The lowest BCUT2D eigenvalue weighted by atomic mass is 10.1. The normalized spacial score (nSPS) is 12.7. The minimum Gasteiger partial charge on any atom is -0.382 e. The summed E-state index contributed by atoms with van der Waals surface area (Å²) in [5.74, 6) is 0. The molecular formula is C18H20N4O2. The van der Waals surface area contributed by atoms with Crippen LogP contribution in [0, 0.1) is 10.1 Å². The fraction of sp³-hybridized carbons (Fsp3) is 0.278. The average Bonchev–Trinajstić information content (AvgIpc) is 2.57. The quantitative estimate of drug-likeness (QED) is 0.440. The van der Waals surface area contributed by atoms with E-state index in [-0.39, 0.29) is 16.7 Å². The molecule has 3 rings (SSSR count). The predicted octanol–water partition coefficient (Wildman–Crippen LogP) is 3.66. The lowest BCUT2D eigenvalue weighted by Gasteiger charge is -2.22. The van der Waals surface area contributed by atoms with E-state index in [1.165, 1.54) is 6.07 Å². The Bertz CT molecular complexity index is 908. The molecule has 0 saturated heterocycles. The number of nitrogens with zero attached hydrogens (tertiary/aromatic N) is 3. The third-order valence-corrected chi connectivity index (χ3v) is 4.34. The zero-order valence-corrected chi connectivity index (χ0v) is 14.0. The number of para-hydroxylation sites is 1. The third kappa shape index (κ3) is 2.88. The van der Waals surface area contributed by atoms with Crippen molar-refractivity contribution in [3.8, 4) is 0 Å². The highest BCUT2D eigenvalue weighted by Crippen LogP contribution is 2.36. The first-order chi connectivity index (χ1) is 11.5. The van der Waals surface area contributed by atoms with Crippen molar-refractivity contribution in [3.63, 3.8) is 0 Å². The molecule has 0 saturated carbocycles. The van der Waals surface area contributed by atoms with Crippen molar-refractivity contribution in [1.29, 1.82) is 0 Å². The highest BCUT2D eigenvalue weighted by molar-refractivity contribution is 6.11. The van der Waals surface area contributed by atoms with Gasteiger partial charge in [-0.1, -0.05) is 24.3 Å². The molecule has 1 heterocycles. The van der Waals surface area contributed by atoms with Gasteiger partial charge in [0.15, 0.2) is 0 Å². The SMILES string of the molecule is CC(CNc1c2ccccc2nc2cccc([N+](=O)[O-])c12)N(C)C. The molecule has 1 N–H and O–H groups in total. The van der Waals surface area contributed by atoms with Crippen LogP contribution in [0.2, 0.25) is 0 Å². The number of nitro benzene ring substituents is 1. The molecule has 6 heteroatoms. The van der Waals surface area contributed by atoms with Crippen molar-refractivity contribution < 1.29 is 4.92 Å². The topological polar surface area (TPSA) is 71.3 Å². The van der Waals surface area contributed by atoms with Crippen LogP contribution < -0.4 is 5.32 Å². The van der Waals surface area contributed by atoms with Crippen molar-refractivity contribution in [2.45, 2.75) is 13.0 Å². The van der Waals surface area contributed by atoms with Gasteiger partial charge in [0, 0.05) is 24.0 Å². The Labute approximate surface area is 140 Å². The van der Waals surface area contributed by atoms with Gasteiger partial charge in [-0.3, -0.25) is 10.1 Å². The molecule has 24 heavy (non-hydrogen) atoms. The summed E-state index contributed by atoms with van der Waals surface area (Å²) >= 11 is 0. The summed E-state index contributed by atoms with van der Waals surface area (Å²) in [6, 6.07) is 13.0. The molecule has 3 aromatic rings. The maximum atomic E-state index is 11.5. The van der Waals surface area contributed by atoms with Gasteiger partial charge in [0.1, 0.15) is 5.39 Å². The number of nitro groups is 1. The molecule has 1 unspecified atom stereocenters. The maximum Gasteiger partial charge on any atom is 0.280 e.